The van der Waals surface area contributed by atoms with E-state index < -0.39 is 11.8 Å². The highest BCUT2D eigenvalue weighted by Gasteiger charge is 2.59. The minimum Gasteiger partial charge on any atom is -0.465 e. The third-order valence-electron chi connectivity index (χ3n) is 9.58. The second-order valence-corrected chi connectivity index (χ2v) is 12.5. The first-order valence-corrected chi connectivity index (χ1v) is 16.6. The van der Waals surface area contributed by atoms with Crippen LogP contribution in [0.1, 0.15) is 87.2 Å². The van der Waals surface area contributed by atoms with Crippen molar-refractivity contribution in [3.05, 3.63) is 71.8 Å². The first-order chi connectivity index (χ1) is 20.7. The smallest absolute Gasteiger partial charge is 0.310 e. The summed E-state index contributed by atoms with van der Waals surface area (Å²) in [5.74, 6) is -1.85. The van der Waals surface area contributed by atoms with Gasteiger partial charge in [0.05, 0.1) is 25.0 Å². The molecule has 1 aliphatic carbocycles. The third-order valence-corrected chi connectivity index (χ3v) is 9.58. The Kier molecular flexibility index (Phi) is 11.9. The normalized spacial score (nSPS) is 25.0. The highest BCUT2D eigenvalue weighted by Crippen LogP contribution is 2.58. The van der Waals surface area contributed by atoms with E-state index in [2.05, 4.69) is 34.1 Å². The predicted octanol–water partition coefficient (Wildman–Crippen LogP) is 6.42. The predicted molar refractivity (Wildman–Crippen MR) is 166 cm³/mol. The molecule has 3 aliphatic rings. The SMILES string of the molecule is O=C(OCCCCN1CCCCC1)[C@@H]1[C@H](C(=O)OCCCCN2CCCCC2)[C@@H](c2ccccc2)[C@H]1c1ccccc1. The molecule has 2 heterocycles. The Morgan fingerprint density at radius 1 is 0.548 bits per heavy atom. The van der Waals surface area contributed by atoms with E-state index in [1.165, 1.54) is 64.7 Å². The Balaban J connectivity index is 1.21. The Morgan fingerprint density at radius 2 is 0.929 bits per heavy atom. The first kappa shape index (κ1) is 30.7. The van der Waals surface area contributed by atoms with Gasteiger partial charge in [-0.15, -0.1) is 0 Å². The van der Waals surface area contributed by atoms with E-state index in [-0.39, 0.29) is 23.8 Å². The molecule has 2 aliphatic heterocycles. The molecule has 0 amide bonds. The van der Waals surface area contributed by atoms with Crippen LogP contribution in [0.3, 0.4) is 0 Å². The number of benzene rings is 2. The van der Waals surface area contributed by atoms with Crippen molar-refractivity contribution in [1.82, 2.24) is 9.80 Å². The summed E-state index contributed by atoms with van der Waals surface area (Å²) in [5.41, 5.74) is 2.15. The van der Waals surface area contributed by atoms with E-state index >= 15 is 0 Å². The summed E-state index contributed by atoms with van der Waals surface area (Å²) < 4.78 is 11.8. The van der Waals surface area contributed by atoms with Crippen LogP contribution in [0.4, 0.5) is 0 Å². The Morgan fingerprint density at radius 3 is 1.31 bits per heavy atom. The molecule has 2 saturated heterocycles. The van der Waals surface area contributed by atoms with Crippen LogP contribution >= 0.6 is 0 Å². The fraction of sp³-hybridized carbons (Fsp3) is 0.611. The number of carbonyl (C=O) groups is 2. The molecule has 6 heteroatoms. The first-order valence-electron chi connectivity index (χ1n) is 16.6. The maximum absolute atomic E-state index is 13.7. The minimum atomic E-state index is -0.541. The number of piperidine rings is 2. The second-order valence-electron chi connectivity index (χ2n) is 12.5. The molecule has 0 radical (unpaired) electrons. The lowest BCUT2D eigenvalue weighted by molar-refractivity contribution is -0.172. The molecule has 4 atom stereocenters. The highest BCUT2D eigenvalue weighted by molar-refractivity contribution is 5.87. The van der Waals surface area contributed by atoms with E-state index in [1.807, 2.05) is 36.4 Å². The molecule has 0 N–H and O–H groups in total. The van der Waals surface area contributed by atoms with Gasteiger partial charge < -0.3 is 19.3 Å². The lowest BCUT2D eigenvalue weighted by Crippen LogP contribution is -2.52. The lowest BCUT2D eigenvalue weighted by atomic mass is 9.52. The zero-order chi connectivity index (χ0) is 29.0. The van der Waals surface area contributed by atoms with Crippen LogP contribution in [0.2, 0.25) is 0 Å². The molecule has 0 spiro atoms. The van der Waals surface area contributed by atoms with Crippen LogP contribution in [-0.4, -0.2) is 74.2 Å². The molecule has 228 valence electrons. The summed E-state index contributed by atoms with van der Waals surface area (Å²) >= 11 is 0. The number of hydrogen-bond donors (Lipinski definition) is 0. The monoisotopic (exact) mass is 574 g/mol. The average Bonchev–Trinajstić information content (AvgIpc) is 3.02. The third kappa shape index (κ3) is 8.23. The van der Waals surface area contributed by atoms with Crippen molar-refractivity contribution in [2.24, 2.45) is 11.8 Å². The topological polar surface area (TPSA) is 59.1 Å². The van der Waals surface area contributed by atoms with Gasteiger partial charge >= 0.3 is 11.9 Å². The molecular formula is C36H50N2O4. The summed E-state index contributed by atoms with van der Waals surface area (Å²) in [4.78, 5) is 32.4. The molecule has 5 rings (SSSR count). The van der Waals surface area contributed by atoms with Crippen LogP contribution in [-0.2, 0) is 19.1 Å². The van der Waals surface area contributed by atoms with Gasteiger partial charge in [-0.25, -0.2) is 0 Å². The number of esters is 2. The summed E-state index contributed by atoms with van der Waals surface area (Å²) in [6.07, 6.45) is 11.6. The number of nitrogens with zero attached hydrogens (tertiary/aromatic N) is 2. The number of hydrogen-bond acceptors (Lipinski definition) is 6. The van der Waals surface area contributed by atoms with Gasteiger partial charge in [0.25, 0.3) is 0 Å². The average molecular weight is 575 g/mol. The Labute approximate surface area is 252 Å². The van der Waals surface area contributed by atoms with E-state index in [1.54, 1.807) is 0 Å². The summed E-state index contributed by atoms with van der Waals surface area (Å²) in [7, 11) is 0. The largest absolute Gasteiger partial charge is 0.465 e. The van der Waals surface area contributed by atoms with Gasteiger partial charge in [-0.05, 0) is 102 Å². The van der Waals surface area contributed by atoms with Crippen LogP contribution in [0.25, 0.3) is 0 Å². The van der Waals surface area contributed by atoms with Crippen LogP contribution in [0, 0.1) is 11.8 Å². The summed E-state index contributed by atoms with van der Waals surface area (Å²) in [6, 6.07) is 20.3. The van der Waals surface area contributed by atoms with E-state index in [4.69, 9.17) is 9.47 Å². The zero-order valence-corrected chi connectivity index (χ0v) is 25.3. The molecule has 6 nitrogen and oxygen atoms in total. The molecule has 2 aromatic rings. The molecule has 3 fully saturated rings. The summed E-state index contributed by atoms with van der Waals surface area (Å²) in [5, 5.41) is 0. The highest BCUT2D eigenvalue weighted by atomic mass is 16.5. The zero-order valence-electron chi connectivity index (χ0n) is 25.3. The van der Waals surface area contributed by atoms with E-state index in [0.717, 1.165) is 49.9 Å². The van der Waals surface area contributed by atoms with Crippen LogP contribution in [0.15, 0.2) is 60.7 Å². The van der Waals surface area contributed by atoms with E-state index in [9.17, 15) is 9.59 Å². The fourth-order valence-electron chi connectivity index (χ4n) is 7.29. The van der Waals surface area contributed by atoms with Gasteiger partial charge in [0.15, 0.2) is 0 Å². The van der Waals surface area contributed by atoms with Gasteiger partial charge in [-0.1, -0.05) is 73.5 Å². The van der Waals surface area contributed by atoms with Crippen molar-refractivity contribution in [1.29, 1.82) is 0 Å². The van der Waals surface area contributed by atoms with Gasteiger partial charge in [-0.2, -0.15) is 0 Å². The standard InChI is InChI=1S/C36H50N2O4/c39-35(41-27-15-13-25-37-21-9-3-10-22-37)33-31(29-17-5-1-6-18-29)32(30-19-7-2-8-20-30)34(33)36(40)42-28-16-14-26-38-23-11-4-12-24-38/h1-2,5-8,17-20,31-34H,3-4,9-16,21-28H2/t31-,32+,33+,34-. The van der Waals surface area contributed by atoms with Crippen molar-refractivity contribution in [2.75, 3.05) is 52.5 Å². The number of rotatable bonds is 14. The van der Waals surface area contributed by atoms with Gasteiger partial charge in [0.2, 0.25) is 0 Å². The maximum Gasteiger partial charge on any atom is 0.310 e. The molecule has 0 unspecified atom stereocenters. The number of ether oxygens (including phenoxy) is 2. The molecule has 1 saturated carbocycles. The second kappa shape index (κ2) is 16.2. The molecular weight excluding hydrogens is 524 g/mol. The lowest BCUT2D eigenvalue weighted by Gasteiger charge is -2.49. The van der Waals surface area contributed by atoms with Gasteiger partial charge in [-0.3, -0.25) is 9.59 Å². The van der Waals surface area contributed by atoms with Crippen molar-refractivity contribution >= 4 is 11.9 Å². The Bertz CT molecular complexity index is 995. The minimum absolute atomic E-state index is 0.119. The quantitative estimate of drug-likeness (QED) is 0.192. The van der Waals surface area contributed by atoms with Crippen LogP contribution in [0.5, 0.6) is 0 Å². The number of carbonyl (C=O) groups excluding carboxylic acids is 2. The summed E-state index contributed by atoms with van der Waals surface area (Å²) in [6.45, 7) is 7.67. The molecule has 0 aromatic heterocycles. The van der Waals surface area contributed by atoms with Crippen LogP contribution < -0.4 is 0 Å². The van der Waals surface area contributed by atoms with Crippen molar-refractivity contribution < 1.29 is 19.1 Å². The molecule has 2 aromatic carbocycles. The molecule has 42 heavy (non-hydrogen) atoms. The van der Waals surface area contributed by atoms with Gasteiger partial charge in [0.1, 0.15) is 0 Å². The van der Waals surface area contributed by atoms with Crippen molar-refractivity contribution in [3.63, 3.8) is 0 Å². The Hall–Kier alpha value is -2.70. The number of likely N-dealkylation sites (tertiary alicyclic amines) is 2. The maximum atomic E-state index is 13.7. The van der Waals surface area contributed by atoms with E-state index in [0.29, 0.717) is 13.2 Å². The number of unbranched alkanes of at least 4 members (excludes halogenated alkanes) is 2. The van der Waals surface area contributed by atoms with Crippen molar-refractivity contribution in [3.8, 4) is 0 Å². The molecule has 0 bridgehead atoms. The fourth-order valence-corrected chi connectivity index (χ4v) is 7.29. The van der Waals surface area contributed by atoms with Gasteiger partial charge in [0, 0.05) is 11.8 Å². The van der Waals surface area contributed by atoms with Crippen molar-refractivity contribution in [2.45, 2.75) is 76.0 Å².